The third-order valence-electron chi connectivity index (χ3n) is 4.45. The van der Waals surface area contributed by atoms with Crippen LogP contribution >= 0.6 is 0 Å². The van der Waals surface area contributed by atoms with Crippen LogP contribution in [-0.2, 0) is 11.2 Å². The molecule has 0 radical (unpaired) electrons. The normalized spacial score (nSPS) is 28.1. The van der Waals surface area contributed by atoms with Crippen LogP contribution in [0, 0.1) is 0 Å². The summed E-state index contributed by atoms with van der Waals surface area (Å²) in [4.78, 5) is 2.41. The predicted octanol–water partition coefficient (Wildman–Crippen LogP) is 2.15. The molecule has 1 aromatic carbocycles. The van der Waals surface area contributed by atoms with Crippen LogP contribution < -0.4 is 0 Å². The maximum Gasteiger partial charge on any atom is 0.0954 e. The summed E-state index contributed by atoms with van der Waals surface area (Å²) in [6.07, 6.45) is 4.80. The molecule has 2 unspecified atom stereocenters. The predicted molar refractivity (Wildman–Crippen MR) is 75.1 cm³/mol. The van der Waals surface area contributed by atoms with E-state index in [-0.39, 0.29) is 12.7 Å². The first-order chi connectivity index (χ1) is 9.38. The van der Waals surface area contributed by atoms with Crippen molar-refractivity contribution in [1.29, 1.82) is 0 Å². The number of ether oxygens (including phenoxy) is 1. The van der Waals surface area contributed by atoms with E-state index in [0.717, 1.165) is 32.5 Å². The van der Waals surface area contributed by atoms with Gasteiger partial charge in [0.2, 0.25) is 0 Å². The number of aliphatic hydroxyl groups excluding tert-OH is 1. The van der Waals surface area contributed by atoms with Crippen LogP contribution in [0.15, 0.2) is 24.3 Å². The summed E-state index contributed by atoms with van der Waals surface area (Å²) in [6, 6.07) is 8.94. The fourth-order valence-electron chi connectivity index (χ4n) is 3.35. The fraction of sp³-hybridized carbons (Fsp3) is 0.625. The summed E-state index contributed by atoms with van der Waals surface area (Å²) < 4.78 is 5.98. The summed E-state index contributed by atoms with van der Waals surface area (Å²) in [5.41, 5.74) is 2.77. The molecular formula is C16H23NO2. The van der Waals surface area contributed by atoms with Gasteiger partial charge in [-0.25, -0.2) is 0 Å². The van der Waals surface area contributed by atoms with E-state index in [2.05, 4.69) is 29.2 Å². The second kappa shape index (κ2) is 6.04. The van der Waals surface area contributed by atoms with Crippen molar-refractivity contribution in [3.63, 3.8) is 0 Å². The second-order valence-electron chi connectivity index (χ2n) is 5.64. The van der Waals surface area contributed by atoms with Crippen LogP contribution in [0.3, 0.4) is 0 Å². The minimum absolute atomic E-state index is 0.178. The average Bonchev–Trinajstić information content (AvgIpc) is 2.48. The first-order valence-corrected chi connectivity index (χ1v) is 7.43. The molecule has 0 spiro atoms. The van der Waals surface area contributed by atoms with Gasteiger partial charge < -0.3 is 9.84 Å². The Morgan fingerprint density at radius 3 is 3.05 bits per heavy atom. The van der Waals surface area contributed by atoms with Gasteiger partial charge in [-0.2, -0.15) is 0 Å². The van der Waals surface area contributed by atoms with Gasteiger partial charge in [0.05, 0.1) is 19.3 Å². The van der Waals surface area contributed by atoms with Crippen LogP contribution in [0.25, 0.3) is 0 Å². The van der Waals surface area contributed by atoms with Crippen molar-refractivity contribution in [2.24, 2.45) is 0 Å². The second-order valence-corrected chi connectivity index (χ2v) is 5.64. The monoisotopic (exact) mass is 261 g/mol. The lowest BCUT2D eigenvalue weighted by Gasteiger charge is -2.38. The quantitative estimate of drug-likeness (QED) is 0.905. The Balaban J connectivity index is 1.73. The topological polar surface area (TPSA) is 32.7 Å². The highest BCUT2D eigenvalue weighted by Crippen LogP contribution is 2.29. The van der Waals surface area contributed by atoms with Crippen molar-refractivity contribution >= 4 is 0 Å². The molecule has 1 saturated heterocycles. The molecule has 3 rings (SSSR count). The Kier molecular flexibility index (Phi) is 4.16. The largest absolute Gasteiger partial charge is 0.395 e. The van der Waals surface area contributed by atoms with Gasteiger partial charge in [-0.05, 0) is 36.9 Å². The number of hydrogen-bond donors (Lipinski definition) is 1. The zero-order valence-electron chi connectivity index (χ0n) is 11.4. The highest BCUT2D eigenvalue weighted by atomic mass is 16.5. The molecule has 2 aliphatic rings. The minimum atomic E-state index is 0.178. The molecule has 104 valence electrons. The molecule has 1 aromatic rings. The Morgan fingerprint density at radius 2 is 2.16 bits per heavy atom. The lowest BCUT2D eigenvalue weighted by Crippen LogP contribution is -2.44. The third-order valence-corrected chi connectivity index (χ3v) is 4.45. The molecule has 3 heteroatoms. The molecule has 0 aliphatic carbocycles. The molecule has 1 N–H and O–H groups in total. The number of aliphatic hydroxyl groups is 1. The van der Waals surface area contributed by atoms with Gasteiger partial charge in [0, 0.05) is 12.6 Å². The number of rotatable bonds is 3. The van der Waals surface area contributed by atoms with Gasteiger partial charge in [0.25, 0.3) is 0 Å². The van der Waals surface area contributed by atoms with Gasteiger partial charge in [0.1, 0.15) is 0 Å². The van der Waals surface area contributed by atoms with E-state index in [1.165, 1.54) is 24.0 Å². The van der Waals surface area contributed by atoms with Gasteiger partial charge in [-0.3, -0.25) is 4.90 Å². The van der Waals surface area contributed by atoms with E-state index in [1.54, 1.807) is 0 Å². The average molecular weight is 261 g/mol. The number of likely N-dealkylation sites (tertiary alicyclic amines) is 1. The van der Waals surface area contributed by atoms with Crippen LogP contribution in [-0.4, -0.2) is 42.4 Å². The molecule has 0 bridgehead atoms. The number of benzene rings is 1. The number of fused-ring (bicyclic) bond motifs is 1. The molecule has 2 aliphatic heterocycles. The summed E-state index contributed by atoms with van der Waals surface area (Å²) in [7, 11) is 0. The van der Waals surface area contributed by atoms with Crippen molar-refractivity contribution in [2.45, 2.75) is 37.8 Å². The highest BCUT2D eigenvalue weighted by Gasteiger charge is 2.27. The summed E-state index contributed by atoms with van der Waals surface area (Å²) in [5.74, 6) is 0. The number of piperidine rings is 1. The lowest BCUT2D eigenvalue weighted by atomic mass is 9.95. The Morgan fingerprint density at radius 1 is 1.26 bits per heavy atom. The van der Waals surface area contributed by atoms with Gasteiger partial charge >= 0.3 is 0 Å². The van der Waals surface area contributed by atoms with Crippen molar-refractivity contribution in [3.8, 4) is 0 Å². The van der Waals surface area contributed by atoms with Gasteiger partial charge in [-0.1, -0.05) is 30.7 Å². The van der Waals surface area contributed by atoms with Crippen molar-refractivity contribution in [1.82, 2.24) is 4.90 Å². The van der Waals surface area contributed by atoms with E-state index >= 15 is 0 Å². The SMILES string of the molecule is OCC1CCCCN1CC1OCCc2ccccc21. The van der Waals surface area contributed by atoms with Gasteiger partial charge in [-0.15, -0.1) is 0 Å². The molecule has 19 heavy (non-hydrogen) atoms. The molecule has 3 nitrogen and oxygen atoms in total. The zero-order chi connectivity index (χ0) is 13.1. The smallest absolute Gasteiger partial charge is 0.0954 e. The molecular weight excluding hydrogens is 238 g/mol. The highest BCUT2D eigenvalue weighted by molar-refractivity contribution is 5.31. The first kappa shape index (κ1) is 13.1. The molecule has 1 fully saturated rings. The van der Waals surface area contributed by atoms with Crippen LogP contribution in [0.4, 0.5) is 0 Å². The van der Waals surface area contributed by atoms with E-state index in [0.29, 0.717) is 6.04 Å². The zero-order valence-corrected chi connectivity index (χ0v) is 11.4. The molecule has 0 amide bonds. The molecule has 0 aromatic heterocycles. The van der Waals surface area contributed by atoms with E-state index < -0.39 is 0 Å². The standard InChI is InChI=1S/C16H23NO2/c18-12-14-6-3-4-9-17(14)11-16-15-7-2-1-5-13(15)8-10-19-16/h1-2,5,7,14,16,18H,3-4,6,8-12H2. The summed E-state index contributed by atoms with van der Waals surface area (Å²) in [6.45, 7) is 3.10. The summed E-state index contributed by atoms with van der Waals surface area (Å²) >= 11 is 0. The maximum absolute atomic E-state index is 9.50. The Labute approximate surface area is 115 Å². The van der Waals surface area contributed by atoms with Crippen LogP contribution in [0.1, 0.15) is 36.5 Å². The van der Waals surface area contributed by atoms with Crippen LogP contribution in [0.2, 0.25) is 0 Å². The lowest BCUT2D eigenvalue weighted by molar-refractivity contribution is -0.0101. The Bertz CT molecular complexity index is 421. The van der Waals surface area contributed by atoms with Crippen molar-refractivity contribution in [3.05, 3.63) is 35.4 Å². The number of nitrogens with zero attached hydrogens (tertiary/aromatic N) is 1. The Hall–Kier alpha value is -0.900. The van der Waals surface area contributed by atoms with E-state index in [4.69, 9.17) is 4.74 Å². The van der Waals surface area contributed by atoms with E-state index in [9.17, 15) is 5.11 Å². The van der Waals surface area contributed by atoms with Crippen molar-refractivity contribution < 1.29 is 9.84 Å². The van der Waals surface area contributed by atoms with Crippen molar-refractivity contribution in [2.75, 3.05) is 26.3 Å². The fourth-order valence-corrected chi connectivity index (χ4v) is 3.35. The molecule has 2 heterocycles. The third kappa shape index (κ3) is 2.83. The van der Waals surface area contributed by atoms with Crippen LogP contribution in [0.5, 0.6) is 0 Å². The minimum Gasteiger partial charge on any atom is -0.395 e. The molecule has 0 saturated carbocycles. The first-order valence-electron chi connectivity index (χ1n) is 7.43. The van der Waals surface area contributed by atoms with E-state index in [1.807, 2.05) is 0 Å². The maximum atomic E-state index is 9.50. The van der Waals surface area contributed by atoms with Gasteiger partial charge in [0.15, 0.2) is 0 Å². The molecule has 2 atom stereocenters. The summed E-state index contributed by atoms with van der Waals surface area (Å²) in [5, 5.41) is 9.50. The number of hydrogen-bond acceptors (Lipinski definition) is 3.